The number of aromatic nitrogens is 1. The van der Waals surface area contributed by atoms with Crippen LogP contribution in [-0.4, -0.2) is 10.4 Å². The lowest BCUT2D eigenvalue weighted by atomic mass is 9.94. The second kappa shape index (κ2) is 5.32. The van der Waals surface area contributed by atoms with Gasteiger partial charge in [0, 0.05) is 23.7 Å². The van der Waals surface area contributed by atoms with Crippen molar-refractivity contribution in [2.24, 2.45) is 0 Å². The smallest absolute Gasteiger partial charge is 0.251 e. The van der Waals surface area contributed by atoms with Gasteiger partial charge < -0.3 is 4.57 Å². The van der Waals surface area contributed by atoms with Crippen LogP contribution >= 0.6 is 0 Å². The van der Waals surface area contributed by atoms with Crippen LogP contribution in [0.25, 0.3) is 0 Å². The highest BCUT2D eigenvalue weighted by Crippen LogP contribution is 2.21. The second-order valence-electron chi connectivity index (χ2n) is 5.82. The van der Waals surface area contributed by atoms with Gasteiger partial charge in [0.15, 0.2) is 5.78 Å². The summed E-state index contributed by atoms with van der Waals surface area (Å²) in [4.78, 5) is 24.3. The SMILES string of the molecule is Cc1ccc(C)c(Cn2c3c(ccc2=O)C(=O)CCC3)c1. The molecule has 0 aliphatic heterocycles. The Kier molecular flexibility index (Phi) is 3.50. The Morgan fingerprint density at radius 2 is 1.86 bits per heavy atom. The lowest BCUT2D eigenvalue weighted by molar-refractivity contribution is 0.0970. The van der Waals surface area contributed by atoms with Gasteiger partial charge in [0.2, 0.25) is 0 Å². The van der Waals surface area contributed by atoms with Crippen LogP contribution in [-0.2, 0) is 13.0 Å². The van der Waals surface area contributed by atoms with Crippen LogP contribution in [0, 0.1) is 13.8 Å². The molecule has 0 amide bonds. The van der Waals surface area contributed by atoms with Gasteiger partial charge in [-0.2, -0.15) is 0 Å². The molecular formula is C18H19NO2. The van der Waals surface area contributed by atoms with Crippen molar-refractivity contribution in [3.05, 3.63) is 68.6 Å². The molecule has 0 unspecified atom stereocenters. The summed E-state index contributed by atoms with van der Waals surface area (Å²) in [5, 5.41) is 0. The first-order valence-electron chi connectivity index (χ1n) is 7.38. The lowest BCUT2D eigenvalue weighted by Gasteiger charge is -2.20. The minimum Gasteiger partial charge on any atom is -0.307 e. The Bertz CT molecular complexity index is 771. The Hall–Kier alpha value is -2.16. The van der Waals surface area contributed by atoms with Crippen molar-refractivity contribution < 1.29 is 4.79 Å². The van der Waals surface area contributed by atoms with E-state index in [9.17, 15) is 9.59 Å². The van der Waals surface area contributed by atoms with E-state index < -0.39 is 0 Å². The predicted octanol–water partition coefficient (Wildman–Crippen LogP) is 3.03. The summed E-state index contributed by atoms with van der Waals surface area (Å²) in [6.07, 6.45) is 2.23. The number of fused-ring (bicyclic) bond motifs is 1. The van der Waals surface area contributed by atoms with Gasteiger partial charge in [0.25, 0.3) is 5.56 Å². The Morgan fingerprint density at radius 1 is 1.05 bits per heavy atom. The fourth-order valence-corrected chi connectivity index (χ4v) is 3.01. The molecule has 0 atom stereocenters. The van der Waals surface area contributed by atoms with E-state index in [1.807, 2.05) is 0 Å². The van der Waals surface area contributed by atoms with Crippen LogP contribution in [0.2, 0.25) is 0 Å². The molecule has 3 heteroatoms. The third-order valence-electron chi connectivity index (χ3n) is 4.25. The maximum Gasteiger partial charge on any atom is 0.251 e. The molecule has 1 aromatic carbocycles. The van der Waals surface area contributed by atoms with Crippen LogP contribution in [0.3, 0.4) is 0 Å². The van der Waals surface area contributed by atoms with Crippen LogP contribution in [0.15, 0.2) is 35.1 Å². The molecule has 0 saturated heterocycles. The van der Waals surface area contributed by atoms with Gasteiger partial charge in [-0.05, 0) is 43.9 Å². The van der Waals surface area contributed by atoms with Crippen molar-refractivity contribution in [2.45, 2.75) is 39.7 Å². The van der Waals surface area contributed by atoms with E-state index in [0.717, 1.165) is 29.7 Å². The maximum absolute atomic E-state index is 12.3. The molecule has 3 rings (SSSR count). The molecule has 1 heterocycles. The molecule has 2 aromatic rings. The van der Waals surface area contributed by atoms with Gasteiger partial charge in [-0.15, -0.1) is 0 Å². The van der Waals surface area contributed by atoms with Crippen LogP contribution in [0.1, 0.15) is 45.6 Å². The summed E-state index contributed by atoms with van der Waals surface area (Å²) >= 11 is 0. The Labute approximate surface area is 124 Å². The maximum atomic E-state index is 12.3. The molecular weight excluding hydrogens is 262 g/mol. The van der Waals surface area contributed by atoms with Crippen LogP contribution in [0.4, 0.5) is 0 Å². The number of rotatable bonds is 2. The molecule has 3 nitrogen and oxygen atoms in total. The summed E-state index contributed by atoms with van der Waals surface area (Å²) in [6.45, 7) is 4.65. The number of pyridine rings is 1. The van der Waals surface area contributed by atoms with E-state index in [0.29, 0.717) is 13.0 Å². The van der Waals surface area contributed by atoms with Crippen molar-refractivity contribution in [3.8, 4) is 0 Å². The summed E-state index contributed by atoms with van der Waals surface area (Å²) in [5.74, 6) is 0.158. The molecule has 0 bridgehead atoms. The molecule has 108 valence electrons. The number of hydrogen-bond donors (Lipinski definition) is 0. The zero-order chi connectivity index (χ0) is 15.0. The predicted molar refractivity (Wildman–Crippen MR) is 83.0 cm³/mol. The minimum absolute atomic E-state index is 0.0237. The van der Waals surface area contributed by atoms with Gasteiger partial charge in [-0.25, -0.2) is 0 Å². The molecule has 1 aromatic heterocycles. The normalized spacial score (nSPS) is 14.1. The molecule has 1 aliphatic carbocycles. The molecule has 1 aliphatic rings. The summed E-state index contributed by atoms with van der Waals surface area (Å²) in [7, 11) is 0. The fraction of sp³-hybridized carbons (Fsp3) is 0.333. The van der Waals surface area contributed by atoms with Crippen molar-refractivity contribution in [1.29, 1.82) is 0 Å². The third-order valence-corrected chi connectivity index (χ3v) is 4.25. The first-order valence-corrected chi connectivity index (χ1v) is 7.38. The van der Waals surface area contributed by atoms with Gasteiger partial charge in [-0.1, -0.05) is 23.8 Å². The number of Topliss-reactive ketones (excluding diaryl/α,β-unsaturated/α-hetero) is 1. The molecule has 0 saturated carbocycles. The van der Waals surface area contributed by atoms with Gasteiger partial charge >= 0.3 is 0 Å². The quantitative estimate of drug-likeness (QED) is 0.848. The molecule has 21 heavy (non-hydrogen) atoms. The zero-order valence-corrected chi connectivity index (χ0v) is 12.5. The number of ketones is 1. The number of carbonyl (C=O) groups excluding carboxylic acids is 1. The van der Waals surface area contributed by atoms with E-state index in [4.69, 9.17) is 0 Å². The number of aryl methyl sites for hydroxylation is 2. The number of hydrogen-bond acceptors (Lipinski definition) is 2. The average Bonchev–Trinajstić information content (AvgIpc) is 2.46. The van der Waals surface area contributed by atoms with Crippen LogP contribution in [0.5, 0.6) is 0 Å². The van der Waals surface area contributed by atoms with Crippen molar-refractivity contribution >= 4 is 5.78 Å². The third kappa shape index (κ3) is 2.56. The number of carbonyl (C=O) groups is 1. The van der Waals surface area contributed by atoms with Crippen molar-refractivity contribution in [1.82, 2.24) is 4.57 Å². The van der Waals surface area contributed by atoms with Crippen molar-refractivity contribution in [2.75, 3.05) is 0 Å². The van der Waals surface area contributed by atoms with E-state index in [1.54, 1.807) is 10.6 Å². The van der Waals surface area contributed by atoms with E-state index in [2.05, 4.69) is 32.0 Å². The topological polar surface area (TPSA) is 39.1 Å². The molecule has 0 fully saturated rings. The first kappa shape index (κ1) is 13.8. The largest absolute Gasteiger partial charge is 0.307 e. The Morgan fingerprint density at radius 3 is 2.67 bits per heavy atom. The van der Waals surface area contributed by atoms with Gasteiger partial charge in [0.05, 0.1) is 6.54 Å². The summed E-state index contributed by atoms with van der Waals surface area (Å²) in [6, 6.07) is 9.49. The fourth-order valence-electron chi connectivity index (χ4n) is 3.01. The standard InChI is InChI=1S/C18H19NO2/c1-12-6-7-13(2)14(10-12)11-19-16-4-3-5-17(20)15(16)8-9-18(19)21/h6-10H,3-5,11H2,1-2H3. The van der Waals surface area contributed by atoms with E-state index in [-0.39, 0.29) is 11.3 Å². The van der Waals surface area contributed by atoms with Gasteiger partial charge in [0.1, 0.15) is 0 Å². The van der Waals surface area contributed by atoms with E-state index in [1.165, 1.54) is 17.2 Å². The molecule has 0 spiro atoms. The monoisotopic (exact) mass is 281 g/mol. The molecule has 0 radical (unpaired) electrons. The average molecular weight is 281 g/mol. The van der Waals surface area contributed by atoms with Crippen molar-refractivity contribution in [3.63, 3.8) is 0 Å². The van der Waals surface area contributed by atoms with E-state index >= 15 is 0 Å². The molecule has 0 N–H and O–H groups in total. The highest BCUT2D eigenvalue weighted by Gasteiger charge is 2.20. The van der Waals surface area contributed by atoms with Crippen LogP contribution < -0.4 is 5.56 Å². The Balaban J connectivity index is 2.10. The van der Waals surface area contributed by atoms with Gasteiger partial charge in [-0.3, -0.25) is 9.59 Å². The lowest BCUT2D eigenvalue weighted by Crippen LogP contribution is -2.28. The zero-order valence-electron chi connectivity index (χ0n) is 12.5. The highest BCUT2D eigenvalue weighted by molar-refractivity contribution is 5.97. The summed E-state index contributed by atoms with van der Waals surface area (Å²) in [5.41, 5.74) is 5.11. The second-order valence-corrected chi connectivity index (χ2v) is 5.82. The summed E-state index contributed by atoms with van der Waals surface area (Å²) < 4.78 is 1.77. The number of benzene rings is 1. The minimum atomic E-state index is -0.0237. The first-order chi connectivity index (χ1) is 10.1. The number of nitrogens with zero attached hydrogens (tertiary/aromatic N) is 1. The highest BCUT2D eigenvalue weighted by atomic mass is 16.1.